The molecular formula is C23H25ClN2O3S. The summed E-state index contributed by atoms with van der Waals surface area (Å²) in [5, 5.41) is 5.04. The molecule has 0 aliphatic heterocycles. The number of rotatable bonds is 7. The van der Waals surface area contributed by atoms with Crippen molar-refractivity contribution in [3.63, 3.8) is 0 Å². The van der Waals surface area contributed by atoms with Crippen LogP contribution < -0.4 is 15.0 Å². The average Bonchev–Trinajstić information content (AvgIpc) is 2.71. The maximum atomic E-state index is 12.6. The third kappa shape index (κ3) is 6.03. The molecule has 0 fully saturated rings. The van der Waals surface area contributed by atoms with Gasteiger partial charge in [0, 0.05) is 27.8 Å². The maximum absolute atomic E-state index is 12.6. The van der Waals surface area contributed by atoms with Crippen molar-refractivity contribution in [1.82, 2.24) is 9.78 Å². The highest BCUT2D eigenvalue weighted by Crippen LogP contribution is 2.30. The topological polar surface area (TPSA) is 53.4 Å². The van der Waals surface area contributed by atoms with E-state index >= 15 is 0 Å². The van der Waals surface area contributed by atoms with Crippen LogP contribution >= 0.6 is 23.4 Å². The third-order valence-electron chi connectivity index (χ3n) is 4.15. The first kappa shape index (κ1) is 22.2. The predicted molar refractivity (Wildman–Crippen MR) is 122 cm³/mol. The first-order chi connectivity index (χ1) is 14.2. The van der Waals surface area contributed by atoms with Gasteiger partial charge in [0.05, 0.1) is 25.6 Å². The largest absolute Gasteiger partial charge is 0.493 e. The van der Waals surface area contributed by atoms with Gasteiger partial charge < -0.3 is 9.47 Å². The summed E-state index contributed by atoms with van der Waals surface area (Å²) in [6.45, 7) is 6.86. The van der Waals surface area contributed by atoms with Gasteiger partial charge in [-0.05, 0) is 35.2 Å². The number of aromatic nitrogens is 2. The van der Waals surface area contributed by atoms with Crippen molar-refractivity contribution < 1.29 is 9.47 Å². The summed E-state index contributed by atoms with van der Waals surface area (Å²) in [7, 11) is 1.58. The highest BCUT2D eigenvalue weighted by Gasteiger charge is 2.14. The molecule has 7 heteroatoms. The molecule has 1 aromatic heterocycles. The molecule has 0 aliphatic carbocycles. The van der Waals surface area contributed by atoms with Gasteiger partial charge in [0.2, 0.25) is 0 Å². The van der Waals surface area contributed by atoms with E-state index in [1.54, 1.807) is 49.3 Å². The summed E-state index contributed by atoms with van der Waals surface area (Å²) in [4.78, 5) is 13.4. The minimum absolute atomic E-state index is 0.0294. The van der Waals surface area contributed by atoms with Crippen molar-refractivity contribution in [2.75, 3.05) is 13.7 Å². The molecule has 0 saturated heterocycles. The van der Waals surface area contributed by atoms with Crippen molar-refractivity contribution in [2.24, 2.45) is 5.41 Å². The fraction of sp³-hybridized carbons (Fsp3) is 0.304. The lowest BCUT2D eigenvalue weighted by atomic mass is 9.99. The molecule has 0 unspecified atom stereocenters. The van der Waals surface area contributed by atoms with Gasteiger partial charge in [0.25, 0.3) is 5.56 Å². The monoisotopic (exact) mass is 444 g/mol. The SMILES string of the molecule is COc1cc(-n2ncc(SCc3ccc(Cl)cc3)cc2=O)ccc1OCC(C)(C)C. The zero-order chi connectivity index (χ0) is 21.7. The van der Waals surface area contributed by atoms with E-state index in [1.165, 1.54) is 4.68 Å². The van der Waals surface area contributed by atoms with Crippen LogP contribution in [-0.4, -0.2) is 23.5 Å². The van der Waals surface area contributed by atoms with Gasteiger partial charge in [-0.1, -0.05) is 44.5 Å². The molecule has 0 N–H and O–H groups in total. The van der Waals surface area contributed by atoms with E-state index in [4.69, 9.17) is 21.1 Å². The second-order valence-electron chi connectivity index (χ2n) is 8.04. The number of nitrogens with zero attached hydrogens (tertiary/aromatic N) is 2. The summed E-state index contributed by atoms with van der Waals surface area (Å²) in [6, 6.07) is 14.6. The van der Waals surface area contributed by atoms with Gasteiger partial charge in [0.15, 0.2) is 11.5 Å². The Morgan fingerprint density at radius 2 is 1.80 bits per heavy atom. The van der Waals surface area contributed by atoms with Crippen LogP contribution in [0.4, 0.5) is 0 Å². The Balaban J connectivity index is 1.75. The fourth-order valence-electron chi connectivity index (χ4n) is 2.61. The van der Waals surface area contributed by atoms with Gasteiger partial charge >= 0.3 is 0 Å². The molecule has 158 valence electrons. The Morgan fingerprint density at radius 3 is 2.43 bits per heavy atom. The minimum Gasteiger partial charge on any atom is -0.493 e. The molecule has 3 rings (SSSR count). The Bertz CT molecular complexity index is 1060. The number of hydrogen-bond donors (Lipinski definition) is 0. The summed E-state index contributed by atoms with van der Waals surface area (Å²) in [5.74, 6) is 1.93. The van der Waals surface area contributed by atoms with Crippen molar-refractivity contribution >= 4 is 23.4 Å². The van der Waals surface area contributed by atoms with Crippen LogP contribution in [0.1, 0.15) is 26.3 Å². The van der Waals surface area contributed by atoms with Crippen LogP contribution in [0.15, 0.2) is 64.4 Å². The molecule has 0 spiro atoms. The number of benzene rings is 2. The van der Waals surface area contributed by atoms with E-state index in [2.05, 4.69) is 25.9 Å². The second kappa shape index (κ2) is 9.58. The minimum atomic E-state index is -0.207. The van der Waals surface area contributed by atoms with E-state index in [1.807, 2.05) is 24.3 Å². The van der Waals surface area contributed by atoms with Crippen LogP contribution in [-0.2, 0) is 5.75 Å². The number of ether oxygens (including phenoxy) is 2. The van der Waals surface area contributed by atoms with Gasteiger partial charge in [-0.15, -0.1) is 11.8 Å². The Morgan fingerprint density at radius 1 is 1.07 bits per heavy atom. The molecule has 30 heavy (non-hydrogen) atoms. The fourth-order valence-corrected chi connectivity index (χ4v) is 3.57. The van der Waals surface area contributed by atoms with Gasteiger partial charge in [0.1, 0.15) is 0 Å². The number of hydrogen-bond acceptors (Lipinski definition) is 5. The third-order valence-corrected chi connectivity index (χ3v) is 5.43. The van der Waals surface area contributed by atoms with Crippen molar-refractivity contribution in [3.05, 3.63) is 75.7 Å². The molecule has 5 nitrogen and oxygen atoms in total. The number of halogens is 1. The van der Waals surface area contributed by atoms with Crippen LogP contribution in [0.3, 0.4) is 0 Å². The molecule has 0 aliphatic rings. The quantitative estimate of drug-likeness (QED) is 0.443. The van der Waals surface area contributed by atoms with E-state index in [9.17, 15) is 4.79 Å². The van der Waals surface area contributed by atoms with Gasteiger partial charge in [-0.2, -0.15) is 9.78 Å². The summed E-state index contributed by atoms with van der Waals surface area (Å²) < 4.78 is 12.7. The predicted octanol–water partition coefficient (Wildman–Crippen LogP) is 5.61. The zero-order valence-corrected chi connectivity index (χ0v) is 19.1. The number of methoxy groups -OCH3 is 1. The molecule has 1 heterocycles. The standard InChI is InChI=1S/C23H25ClN2O3S/c1-23(2,3)15-29-20-10-9-18(11-21(20)28-4)26-22(27)12-19(13-25-26)30-14-16-5-7-17(24)8-6-16/h5-13H,14-15H2,1-4H3. The van der Waals surface area contributed by atoms with Crippen molar-refractivity contribution in [2.45, 2.75) is 31.4 Å². The maximum Gasteiger partial charge on any atom is 0.272 e. The van der Waals surface area contributed by atoms with E-state index in [0.29, 0.717) is 28.8 Å². The molecule has 3 aromatic rings. The van der Waals surface area contributed by atoms with Crippen LogP contribution in [0, 0.1) is 5.41 Å². The molecular weight excluding hydrogens is 420 g/mol. The lowest BCUT2D eigenvalue weighted by Crippen LogP contribution is -2.20. The lowest BCUT2D eigenvalue weighted by molar-refractivity contribution is 0.191. The van der Waals surface area contributed by atoms with Crippen LogP contribution in [0.2, 0.25) is 5.02 Å². The molecule has 0 bridgehead atoms. The Hall–Kier alpha value is -2.44. The Kier molecular flexibility index (Phi) is 7.10. The van der Waals surface area contributed by atoms with Crippen LogP contribution in [0.5, 0.6) is 11.5 Å². The van der Waals surface area contributed by atoms with Crippen LogP contribution in [0.25, 0.3) is 5.69 Å². The molecule has 2 aromatic carbocycles. The van der Waals surface area contributed by atoms with E-state index in [-0.39, 0.29) is 11.0 Å². The normalized spacial score (nSPS) is 11.4. The second-order valence-corrected chi connectivity index (χ2v) is 9.53. The summed E-state index contributed by atoms with van der Waals surface area (Å²) in [5.41, 5.74) is 1.57. The van der Waals surface area contributed by atoms with Gasteiger partial charge in [-0.25, -0.2) is 0 Å². The first-order valence-electron chi connectivity index (χ1n) is 9.53. The van der Waals surface area contributed by atoms with E-state index in [0.717, 1.165) is 16.2 Å². The molecule has 0 radical (unpaired) electrons. The van der Waals surface area contributed by atoms with E-state index < -0.39 is 0 Å². The summed E-state index contributed by atoms with van der Waals surface area (Å²) >= 11 is 7.47. The first-order valence-corrected chi connectivity index (χ1v) is 10.9. The summed E-state index contributed by atoms with van der Waals surface area (Å²) in [6.07, 6.45) is 1.69. The smallest absolute Gasteiger partial charge is 0.272 e. The lowest BCUT2D eigenvalue weighted by Gasteiger charge is -2.20. The highest BCUT2D eigenvalue weighted by atomic mass is 35.5. The Labute approximate surface area is 186 Å². The molecule has 0 amide bonds. The number of thioether (sulfide) groups is 1. The molecule has 0 saturated carbocycles. The highest BCUT2D eigenvalue weighted by molar-refractivity contribution is 7.98. The van der Waals surface area contributed by atoms with Crippen molar-refractivity contribution in [1.29, 1.82) is 0 Å². The van der Waals surface area contributed by atoms with Crippen molar-refractivity contribution in [3.8, 4) is 17.2 Å². The van der Waals surface area contributed by atoms with Gasteiger partial charge in [-0.3, -0.25) is 4.79 Å². The zero-order valence-electron chi connectivity index (χ0n) is 17.5. The average molecular weight is 445 g/mol. The molecule has 0 atom stereocenters.